The van der Waals surface area contributed by atoms with Gasteiger partial charge in [-0.1, -0.05) is 19.8 Å². The molecular weight excluding hydrogens is 447 g/mol. The molecule has 0 heterocycles. The third-order valence-electron chi connectivity index (χ3n) is 5.29. The predicted molar refractivity (Wildman–Crippen MR) is 122 cm³/mol. The van der Waals surface area contributed by atoms with Crippen molar-refractivity contribution in [3.8, 4) is 0 Å². The molecule has 26 heavy (non-hydrogen) atoms. The summed E-state index contributed by atoms with van der Waals surface area (Å²) < 4.78 is 8.13. The molecule has 0 saturated carbocycles. The average molecular weight is 493 g/mol. The maximum atomic E-state index is 12.3. The van der Waals surface area contributed by atoms with Gasteiger partial charge in [0.15, 0.2) is 0 Å². The van der Waals surface area contributed by atoms with Crippen molar-refractivity contribution < 1.29 is 9.53 Å². The topological polar surface area (TPSA) is 26.3 Å². The SMILES string of the molecule is CCCCCCCCCCCCOC(=O)[CH](S)[SnH]([CH2]CCC)[CH2]CCC. The van der Waals surface area contributed by atoms with E-state index in [9.17, 15) is 4.79 Å². The number of hydrogen-bond acceptors (Lipinski definition) is 3. The van der Waals surface area contributed by atoms with Crippen LogP contribution in [0.2, 0.25) is 8.87 Å². The summed E-state index contributed by atoms with van der Waals surface area (Å²) in [7, 11) is 0. The molecule has 0 aliphatic carbocycles. The summed E-state index contributed by atoms with van der Waals surface area (Å²) in [6.07, 6.45) is 18.1. The second-order valence-electron chi connectivity index (χ2n) is 7.84. The molecule has 1 unspecified atom stereocenters. The van der Waals surface area contributed by atoms with Gasteiger partial charge in [0.1, 0.15) is 0 Å². The van der Waals surface area contributed by atoms with Gasteiger partial charge in [0, 0.05) is 0 Å². The number of unbranched alkanes of at least 4 members (excludes halogenated alkanes) is 11. The molecule has 0 bridgehead atoms. The van der Waals surface area contributed by atoms with Crippen molar-refractivity contribution in [1.29, 1.82) is 0 Å². The van der Waals surface area contributed by atoms with Crippen LogP contribution in [0.25, 0.3) is 0 Å². The Bertz CT molecular complexity index is 305. The van der Waals surface area contributed by atoms with Crippen molar-refractivity contribution in [3.05, 3.63) is 0 Å². The van der Waals surface area contributed by atoms with Crippen LogP contribution in [-0.2, 0) is 9.53 Å². The van der Waals surface area contributed by atoms with E-state index >= 15 is 0 Å². The van der Waals surface area contributed by atoms with Gasteiger partial charge in [0.25, 0.3) is 0 Å². The number of hydrogen-bond donors (Lipinski definition) is 1. The Labute approximate surface area is 176 Å². The number of carbonyl (C=O) groups is 1. The van der Waals surface area contributed by atoms with Crippen LogP contribution in [0.3, 0.4) is 0 Å². The number of esters is 1. The molecule has 4 heteroatoms. The van der Waals surface area contributed by atoms with E-state index in [0.29, 0.717) is 6.61 Å². The van der Waals surface area contributed by atoms with E-state index in [0.717, 1.165) is 6.42 Å². The standard InChI is InChI=1S/C14H27O2S.2C4H9.Sn.H/c1-2-3-4-5-6-7-8-9-10-11-12-16-14(15)13-17;2*1-3-4-2;;/h13,17H,2-12H2,1H3;2*1,3-4H2,2H3;;. The maximum absolute atomic E-state index is 12.3. The molecule has 0 fully saturated rings. The Hall–Kier alpha value is 0.619. The fourth-order valence-electron chi connectivity index (χ4n) is 3.43. The van der Waals surface area contributed by atoms with Crippen LogP contribution in [0.1, 0.15) is 111 Å². The molecule has 0 aromatic rings. The second kappa shape index (κ2) is 20.4. The molecular formula is C22H46O2SSn. The van der Waals surface area contributed by atoms with Crippen molar-refractivity contribution in [1.82, 2.24) is 0 Å². The van der Waals surface area contributed by atoms with E-state index in [4.69, 9.17) is 17.4 Å². The summed E-state index contributed by atoms with van der Waals surface area (Å²) in [6, 6.07) is 0. The van der Waals surface area contributed by atoms with E-state index in [-0.39, 0.29) is 9.24 Å². The van der Waals surface area contributed by atoms with E-state index in [1.807, 2.05) is 0 Å². The van der Waals surface area contributed by atoms with Gasteiger partial charge in [-0.05, 0) is 0 Å². The molecule has 0 saturated heterocycles. The molecule has 0 N–H and O–H groups in total. The Kier molecular flexibility index (Phi) is 20.8. The van der Waals surface area contributed by atoms with Gasteiger partial charge >= 0.3 is 158 Å². The number of carbonyl (C=O) groups excluding carboxylic acids is 1. The molecule has 1 atom stereocenters. The first-order valence-corrected chi connectivity index (χ1v) is 18.6. The van der Waals surface area contributed by atoms with Crippen molar-refractivity contribution in [2.24, 2.45) is 0 Å². The summed E-state index contributed by atoms with van der Waals surface area (Å²) in [5.74, 6) is -0.00253. The first kappa shape index (κ1) is 26.6. The number of thiol groups is 1. The molecule has 156 valence electrons. The monoisotopic (exact) mass is 494 g/mol. The van der Waals surface area contributed by atoms with Gasteiger partial charge in [-0.25, -0.2) is 0 Å². The van der Waals surface area contributed by atoms with Gasteiger partial charge in [-0.2, -0.15) is 0 Å². The molecule has 0 spiro atoms. The van der Waals surface area contributed by atoms with E-state index in [2.05, 4.69) is 20.8 Å². The summed E-state index contributed by atoms with van der Waals surface area (Å²) in [5, 5.41) is 0. The normalized spacial score (nSPS) is 12.5. The van der Waals surface area contributed by atoms with Gasteiger partial charge < -0.3 is 0 Å². The second-order valence-corrected chi connectivity index (χ2v) is 19.5. The molecule has 0 aromatic heterocycles. The van der Waals surface area contributed by atoms with Crippen LogP contribution >= 0.6 is 12.6 Å². The van der Waals surface area contributed by atoms with Crippen molar-refractivity contribution >= 4 is 38.4 Å². The molecule has 0 rings (SSSR count). The quantitative estimate of drug-likeness (QED) is 0.0898. The van der Waals surface area contributed by atoms with Crippen LogP contribution in [0, 0.1) is 0 Å². The Balaban J connectivity index is 3.71. The minimum absolute atomic E-state index is 0.00253. The van der Waals surface area contributed by atoms with Crippen LogP contribution < -0.4 is 0 Å². The molecule has 0 amide bonds. The fraction of sp³-hybridized carbons (Fsp3) is 0.955. The summed E-state index contributed by atoms with van der Waals surface area (Å²) in [5.41, 5.74) is 0. The van der Waals surface area contributed by atoms with Crippen molar-refractivity contribution in [2.45, 2.75) is 123 Å². The summed E-state index contributed by atoms with van der Waals surface area (Å²) in [4.78, 5) is 12.3. The van der Waals surface area contributed by atoms with Crippen molar-refractivity contribution in [2.75, 3.05) is 6.61 Å². The number of ether oxygens (including phenoxy) is 1. The Morgan fingerprint density at radius 2 is 1.15 bits per heavy atom. The third kappa shape index (κ3) is 15.7. The van der Waals surface area contributed by atoms with Gasteiger partial charge in [-0.3, -0.25) is 0 Å². The van der Waals surface area contributed by atoms with Crippen molar-refractivity contribution in [3.63, 3.8) is 0 Å². The average Bonchev–Trinajstić information content (AvgIpc) is 2.65. The minimum atomic E-state index is -1.88. The summed E-state index contributed by atoms with van der Waals surface area (Å²) in [6.45, 7) is 7.34. The van der Waals surface area contributed by atoms with Crippen LogP contribution in [0.5, 0.6) is 0 Å². The Morgan fingerprint density at radius 1 is 0.731 bits per heavy atom. The van der Waals surface area contributed by atoms with E-state index in [1.165, 1.54) is 92.3 Å². The van der Waals surface area contributed by atoms with E-state index in [1.54, 1.807) is 0 Å². The molecule has 0 aromatic carbocycles. The molecule has 0 radical (unpaired) electrons. The fourth-order valence-corrected chi connectivity index (χ4v) is 14.8. The van der Waals surface area contributed by atoms with Gasteiger partial charge in [-0.15, -0.1) is 0 Å². The van der Waals surface area contributed by atoms with Crippen LogP contribution in [0.15, 0.2) is 0 Å². The number of rotatable bonds is 19. The van der Waals surface area contributed by atoms with E-state index < -0.39 is 19.8 Å². The zero-order valence-electron chi connectivity index (χ0n) is 17.9. The van der Waals surface area contributed by atoms with Gasteiger partial charge in [0.2, 0.25) is 0 Å². The molecule has 0 aliphatic rings. The van der Waals surface area contributed by atoms with Crippen LogP contribution in [0.4, 0.5) is 0 Å². The molecule has 2 nitrogen and oxygen atoms in total. The molecule has 0 aliphatic heterocycles. The Morgan fingerprint density at radius 3 is 1.62 bits per heavy atom. The predicted octanol–water partition coefficient (Wildman–Crippen LogP) is 7.12. The first-order valence-electron chi connectivity index (χ1n) is 11.5. The zero-order valence-corrected chi connectivity index (χ0v) is 22.1. The first-order chi connectivity index (χ1) is 12.7. The van der Waals surface area contributed by atoms with Crippen LogP contribution in [-0.4, -0.2) is 35.6 Å². The third-order valence-corrected chi connectivity index (χ3v) is 18.2. The van der Waals surface area contributed by atoms with Gasteiger partial charge in [0.05, 0.1) is 0 Å². The zero-order chi connectivity index (χ0) is 19.5. The summed E-state index contributed by atoms with van der Waals surface area (Å²) >= 11 is 2.81.